The molecule has 0 saturated carbocycles. The van der Waals surface area contributed by atoms with E-state index in [1.54, 1.807) is 6.20 Å². The van der Waals surface area contributed by atoms with E-state index in [4.69, 9.17) is 4.74 Å². The average molecular weight is 386 g/mol. The molecule has 0 unspecified atom stereocenters. The zero-order valence-corrected chi connectivity index (χ0v) is 13.7. The number of hydrogen-bond donors (Lipinski definition) is 1. The normalized spacial score (nSPS) is 10.3. The van der Waals surface area contributed by atoms with Gasteiger partial charge in [0.2, 0.25) is 0 Å². The highest BCUT2D eigenvalue weighted by Gasteiger charge is 2.04. The molecule has 1 N–H and O–H groups in total. The number of halogens is 2. The number of pyridine rings is 1. The summed E-state index contributed by atoms with van der Waals surface area (Å²) in [5.41, 5.74) is 0. The van der Waals surface area contributed by atoms with Gasteiger partial charge >= 0.3 is 0 Å². The molecule has 100 valence electrons. The molecule has 0 saturated heterocycles. The van der Waals surface area contributed by atoms with Crippen molar-refractivity contribution in [3.05, 3.63) is 45.5 Å². The fourth-order valence-corrected chi connectivity index (χ4v) is 2.64. The van der Waals surface area contributed by atoms with E-state index in [-0.39, 0.29) is 0 Å². The quantitative estimate of drug-likeness (QED) is 0.765. The van der Waals surface area contributed by atoms with Crippen LogP contribution in [-0.4, -0.2) is 11.5 Å². The van der Waals surface area contributed by atoms with Gasteiger partial charge in [-0.15, -0.1) is 0 Å². The Morgan fingerprint density at radius 2 is 2.05 bits per heavy atom. The van der Waals surface area contributed by atoms with Crippen molar-refractivity contribution in [2.45, 2.75) is 13.3 Å². The van der Waals surface area contributed by atoms with Gasteiger partial charge in [-0.05, 0) is 46.6 Å². The fourth-order valence-electron chi connectivity index (χ4n) is 1.51. The molecule has 0 radical (unpaired) electrons. The number of ether oxygens (including phenoxy) is 1. The molecular weight excluding hydrogens is 372 g/mol. The van der Waals surface area contributed by atoms with E-state index in [2.05, 4.69) is 49.1 Å². The summed E-state index contributed by atoms with van der Waals surface area (Å²) in [7, 11) is 0. The van der Waals surface area contributed by atoms with E-state index in [1.807, 2.05) is 30.3 Å². The lowest BCUT2D eigenvalue weighted by atomic mass is 10.3. The van der Waals surface area contributed by atoms with Crippen molar-refractivity contribution in [2.75, 3.05) is 11.9 Å². The number of nitrogens with one attached hydrogen (secondary N) is 1. The molecule has 0 amide bonds. The predicted octanol–water partition coefficient (Wildman–Crippen LogP) is 5.22. The van der Waals surface area contributed by atoms with Gasteiger partial charge in [-0.3, -0.25) is 0 Å². The van der Waals surface area contributed by atoms with Gasteiger partial charge in [0, 0.05) is 23.3 Å². The van der Waals surface area contributed by atoms with Gasteiger partial charge in [0.25, 0.3) is 0 Å². The highest BCUT2D eigenvalue weighted by Crippen LogP contribution is 2.32. The van der Waals surface area contributed by atoms with E-state index >= 15 is 0 Å². The molecule has 1 heterocycles. The minimum absolute atomic E-state index is 0.761. The van der Waals surface area contributed by atoms with Crippen LogP contribution >= 0.6 is 31.9 Å². The SMILES string of the molecule is CCCNc1cc(Oc2ccc(Br)cc2Br)ccn1. The minimum atomic E-state index is 0.761. The Balaban J connectivity index is 2.14. The van der Waals surface area contributed by atoms with Gasteiger partial charge in [-0.25, -0.2) is 4.98 Å². The summed E-state index contributed by atoms with van der Waals surface area (Å²) in [6.45, 7) is 3.02. The molecule has 0 bridgehead atoms. The number of nitrogens with zero attached hydrogens (tertiary/aromatic N) is 1. The summed E-state index contributed by atoms with van der Waals surface area (Å²) in [6.07, 6.45) is 2.80. The lowest BCUT2D eigenvalue weighted by Crippen LogP contribution is -2.01. The maximum absolute atomic E-state index is 5.84. The summed E-state index contributed by atoms with van der Waals surface area (Å²) < 4.78 is 7.75. The largest absolute Gasteiger partial charge is 0.456 e. The van der Waals surface area contributed by atoms with E-state index in [1.165, 1.54) is 0 Å². The molecule has 0 fully saturated rings. The molecule has 0 atom stereocenters. The van der Waals surface area contributed by atoms with Gasteiger partial charge in [-0.1, -0.05) is 22.9 Å². The Bertz CT molecular complexity index is 561. The smallest absolute Gasteiger partial charge is 0.141 e. The zero-order valence-electron chi connectivity index (χ0n) is 10.5. The van der Waals surface area contributed by atoms with Crippen LogP contribution in [0, 0.1) is 0 Å². The molecule has 0 aliphatic carbocycles. The molecule has 0 spiro atoms. The highest BCUT2D eigenvalue weighted by molar-refractivity contribution is 9.11. The van der Waals surface area contributed by atoms with Crippen molar-refractivity contribution in [1.82, 2.24) is 4.98 Å². The summed E-state index contributed by atoms with van der Waals surface area (Å²) >= 11 is 6.90. The summed E-state index contributed by atoms with van der Waals surface area (Å²) in [4.78, 5) is 4.24. The van der Waals surface area contributed by atoms with Crippen LogP contribution in [0.2, 0.25) is 0 Å². The summed E-state index contributed by atoms with van der Waals surface area (Å²) in [5.74, 6) is 2.36. The van der Waals surface area contributed by atoms with E-state index < -0.39 is 0 Å². The minimum Gasteiger partial charge on any atom is -0.456 e. The van der Waals surface area contributed by atoms with E-state index in [9.17, 15) is 0 Å². The van der Waals surface area contributed by atoms with Crippen molar-refractivity contribution in [2.24, 2.45) is 0 Å². The van der Waals surface area contributed by atoms with E-state index in [0.717, 1.165) is 39.2 Å². The molecule has 1 aromatic carbocycles. The first-order valence-electron chi connectivity index (χ1n) is 6.02. The van der Waals surface area contributed by atoms with Crippen LogP contribution in [0.25, 0.3) is 0 Å². The van der Waals surface area contributed by atoms with Crippen molar-refractivity contribution in [3.63, 3.8) is 0 Å². The van der Waals surface area contributed by atoms with Crippen LogP contribution in [0.3, 0.4) is 0 Å². The van der Waals surface area contributed by atoms with Crippen LogP contribution in [0.15, 0.2) is 45.5 Å². The second kappa shape index (κ2) is 6.91. The molecule has 5 heteroatoms. The lowest BCUT2D eigenvalue weighted by Gasteiger charge is -2.09. The molecular formula is C14H14Br2N2O. The zero-order chi connectivity index (χ0) is 13.7. The topological polar surface area (TPSA) is 34.1 Å². The Morgan fingerprint density at radius 3 is 2.79 bits per heavy atom. The van der Waals surface area contributed by atoms with Gasteiger partial charge < -0.3 is 10.1 Å². The number of aromatic nitrogens is 1. The Morgan fingerprint density at radius 1 is 1.21 bits per heavy atom. The second-order valence-electron chi connectivity index (χ2n) is 3.98. The van der Waals surface area contributed by atoms with Crippen LogP contribution in [0.5, 0.6) is 11.5 Å². The van der Waals surface area contributed by atoms with Crippen LogP contribution in [0.1, 0.15) is 13.3 Å². The highest BCUT2D eigenvalue weighted by atomic mass is 79.9. The van der Waals surface area contributed by atoms with Crippen molar-refractivity contribution in [1.29, 1.82) is 0 Å². The molecule has 19 heavy (non-hydrogen) atoms. The molecule has 0 aliphatic heterocycles. The number of rotatable bonds is 5. The first-order valence-corrected chi connectivity index (χ1v) is 7.60. The molecule has 2 rings (SSSR count). The number of anilines is 1. The van der Waals surface area contributed by atoms with Crippen LogP contribution in [0.4, 0.5) is 5.82 Å². The number of benzene rings is 1. The van der Waals surface area contributed by atoms with Crippen molar-refractivity contribution < 1.29 is 4.74 Å². The van der Waals surface area contributed by atoms with Crippen molar-refractivity contribution in [3.8, 4) is 11.5 Å². The monoisotopic (exact) mass is 384 g/mol. The third-order valence-corrected chi connectivity index (χ3v) is 3.52. The summed E-state index contributed by atoms with van der Waals surface area (Å²) in [5, 5.41) is 3.23. The average Bonchev–Trinajstić information content (AvgIpc) is 2.40. The molecule has 2 aromatic rings. The van der Waals surface area contributed by atoms with Gasteiger partial charge in [0.1, 0.15) is 17.3 Å². The van der Waals surface area contributed by atoms with Crippen LogP contribution < -0.4 is 10.1 Å². The Kier molecular flexibility index (Phi) is 5.22. The summed E-state index contributed by atoms with van der Waals surface area (Å²) in [6, 6.07) is 9.54. The fraction of sp³-hybridized carbons (Fsp3) is 0.214. The first-order chi connectivity index (χ1) is 9.19. The first kappa shape index (κ1) is 14.3. The maximum atomic E-state index is 5.84. The Hall–Kier alpha value is -1.07. The van der Waals surface area contributed by atoms with Gasteiger partial charge in [0.05, 0.1) is 4.47 Å². The maximum Gasteiger partial charge on any atom is 0.141 e. The van der Waals surface area contributed by atoms with Crippen molar-refractivity contribution >= 4 is 37.7 Å². The standard InChI is InChI=1S/C14H14Br2N2O/c1-2-6-17-14-9-11(5-7-18-14)19-13-4-3-10(15)8-12(13)16/h3-5,7-9H,2,6H2,1H3,(H,17,18). The number of hydrogen-bond acceptors (Lipinski definition) is 3. The lowest BCUT2D eigenvalue weighted by molar-refractivity contribution is 0.479. The Labute approximate surface area is 129 Å². The second-order valence-corrected chi connectivity index (χ2v) is 5.75. The third kappa shape index (κ3) is 4.21. The van der Waals surface area contributed by atoms with Gasteiger partial charge in [-0.2, -0.15) is 0 Å². The third-order valence-electron chi connectivity index (χ3n) is 2.41. The van der Waals surface area contributed by atoms with E-state index in [0.29, 0.717) is 0 Å². The molecule has 1 aromatic heterocycles. The predicted molar refractivity (Wildman–Crippen MR) is 84.9 cm³/mol. The van der Waals surface area contributed by atoms with Gasteiger partial charge in [0.15, 0.2) is 0 Å². The molecule has 3 nitrogen and oxygen atoms in total. The molecule has 0 aliphatic rings. The van der Waals surface area contributed by atoms with Crippen LogP contribution in [-0.2, 0) is 0 Å².